The van der Waals surface area contributed by atoms with E-state index in [4.69, 9.17) is 0 Å². The van der Waals surface area contributed by atoms with Crippen molar-refractivity contribution in [2.24, 2.45) is 13.0 Å². The van der Waals surface area contributed by atoms with Crippen molar-refractivity contribution in [3.63, 3.8) is 0 Å². The molecule has 3 atom stereocenters. The molecule has 0 unspecified atom stereocenters. The standard InChI is InChI=1S/C21H26N4O3/c1-25-12-22-11-18(25)21(28)24-17-7-6-15(10-19(17)26)20(27)23-16-8-13-4-2-3-5-14(13)9-16/h2-5,11-12,15-17,19,26H,6-10H2,1H3,(H,23,27)(H,24,28)/t15-,17-,19-/m0/s1. The SMILES string of the molecule is Cn1cncc1C(=O)N[C@H]1CC[C@H](C(=O)NC2Cc3ccccc3C2)C[C@@H]1O. The van der Waals surface area contributed by atoms with Gasteiger partial charge in [-0.1, -0.05) is 24.3 Å². The highest BCUT2D eigenvalue weighted by atomic mass is 16.3. The van der Waals surface area contributed by atoms with Crippen molar-refractivity contribution in [1.82, 2.24) is 20.2 Å². The van der Waals surface area contributed by atoms with E-state index in [9.17, 15) is 14.7 Å². The quantitative estimate of drug-likeness (QED) is 0.734. The molecule has 0 saturated heterocycles. The van der Waals surface area contributed by atoms with E-state index in [-0.39, 0.29) is 29.8 Å². The number of hydrogen-bond donors (Lipinski definition) is 3. The van der Waals surface area contributed by atoms with Crippen molar-refractivity contribution in [1.29, 1.82) is 0 Å². The minimum Gasteiger partial charge on any atom is -0.391 e. The third kappa shape index (κ3) is 3.80. The molecule has 1 fully saturated rings. The van der Waals surface area contributed by atoms with Crippen molar-refractivity contribution in [2.45, 2.75) is 50.3 Å². The number of benzene rings is 1. The molecule has 28 heavy (non-hydrogen) atoms. The number of aliphatic hydroxyl groups excluding tert-OH is 1. The molecule has 7 nitrogen and oxygen atoms in total. The van der Waals surface area contributed by atoms with Gasteiger partial charge in [0.25, 0.3) is 5.91 Å². The van der Waals surface area contributed by atoms with Crippen LogP contribution in [0.3, 0.4) is 0 Å². The molecule has 7 heteroatoms. The monoisotopic (exact) mass is 382 g/mol. The second kappa shape index (κ2) is 7.75. The molecule has 2 aliphatic carbocycles. The number of carbonyl (C=O) groups is 2. The minimum atomic E-state index is -0.734. The summed E-state index contributed by atoms with van der Waals surface area (Å²) in [6.07, 6.45) is 5.65. The first-order valence-corrected chi connectivity index (χ1v) is 9.83. The van der Waals surface area contributed by atoms with Gasteiger partial charge in [0.15, 0.2) is 0 Å². The van der Waals surface area contributed by atoms with Crippen LogP contribution in [0.25, 0.3) is 0 Å². The Morgan fingerprint density at radius 1 is 1.14 bits per heavy atom. The molecule has 148 valence electrons. The summed E-state index contributed by atoms with van der Waals surface area (Å²) in [4.78, 5) is 29.0. The highest BCUT2D eigenvalue weighted by Crippen LogP contribution is 2.27. The Hall–Kier alpha value is -2.67. The molecule has 1 aromatic carbocycles. The molecule has 4 rings (SSSR count). The predicted molar refractivity (Wildman–Crippen MR) is 104 cm³/mol. The average molecular weight is 382 g/mol. The lowest BCUT2D eigenvalue weighted by Crippen LogP contribution is -2.50. The van der Waals surface area contributed by atoms with Gasteiger partial charge in [0.2, 0.25) is 5.91 Å². The number of carbonyl (C=O) groups excluding carboxylic acids is 2. The molecule has 3 N–H and O–H groups in total. The van der Waals surface area contributed by atoms with Crippen LogP contribution in [0.5, 0.6) is 0 Å². The largest absolute Gasteiger partial charge is 0.391 e. The van der Waals surface area contributed by atoms with Gasteiger partial charge in [0, 0.05) is 19.0 Å². The second-order valence-electron chi connectivity index (χ2n) is 7.93. The maximum atomic E-state index is 12.7. The summed E-state index contributed by atoms with van der Waals surface area (Å²) >= 11 is 0. The van der Waals surface area contributed by atoms with E-state index in [2.05, 4.69) is 27.8 Å². The zero-order valence-corrected chi connectivity index (χ0v) is 16.0. The summed E-state index contributed by atoms with van der Waals surface area (Å²) in [5.41, 5.74) is 3.05. The van der Waals surface area contributed by atoms with Gasteiger partial charge in [-0.2, -0.15) is 0 Å². The Morgan fingerprint density at radius 3 is 2.46 bits per heavy atom. The third-order valence-corrected chi connectivity index (χ3v) is 5.95. The molecular weight excluding hydrogens is 356 g/mol. The Kier molecular flexibility index (Phi) is 5.17. The third-order valence-electron chi connectivity index (χ3n) is 5.95. The Bertz CT molecular complexity index is 853. The highest BCUT2D eigenvalue weighted by molar-refractivity contribution is 5.92. The van der Waals surface area contributed by atoms with Crippen LogP contribution in [0.2, 0.25) is 0 Å². The van der Waals surface area contributed by atoms with Crippen LogP contribution in [0, 0.1) is 5.92 Å². The van der Waals surface area contributed by atoms with Crippen LogP contribution in [0.15, 0.2) is 36.8 Å². The topological polar surface area (TPSA) is 96.2 Å². The molecule has 2 amide bonds. The van der Waals surface area contributed by atoms with Gasteiger partial charge in [0.05, 0.1) is 24.7 Å². The van der Waals surface area contributed by atoms with Gasteiger partial charge >= 0.3 is 0 Å². The highest BCUT2D eigenvalue weighted by Gasteiger charge is 2.35. The van der Waals surface area contributed by atoms with E-state index in [1.807, 2.05) is 12.1 Å². The average Bonchev–Trinajstić information content (AvgIpc) is 3.28. The summed E-state index contributed by atoms with van der Waals surface area (Å²) < 4.78 is 1.64. The predicted octanol–water partition coefficient (Wildman–Crippen LogP) is 0.963. The molecular formula is C21H26N4O3. The number of aromatic nitrogens is 2. The molecule has 1 aromatic heterocycles. The van der Waals surface area contributed by atoms with E-state index in [1.54, 1.807) is 17.9 Å². The Balaban J connectivity index is 1.29. The number of aliphatic hydroxyl groups is 1. The zero-order chi connectivity index (χ0) is 19.7. The summed E-state index contributed by atoms with van der Waals surface area (Å²) in [5.74, 6) is -0.465. The summed E-state index contributed by atoms with van der Waals surface area (Å²) in [6.45, 7) is 0. The summed E-state index contributed by atoms with van der Waals surface area (Å²) in [5, 5.41) is 16.5. The maximum Gasteiger partial charge on any atom is 0.269 e. The Morgan fingerprint density at radius 2 is 1.86 bits per heavy atom. The fraction of sp³-hybridized carbons (Fsp3) is 0.476. The lowest BCUT2D eigenvalue weighted by atomic mass is 9.83. The normalized spacial score (nSPS) is 24.6. The van der Waals surface area contributed by atoms with E-state index in [0.717, 1.165) is 12.8 Å². The number of fused-ring (bicyclic) bond motifs is 1. The van der Waals surface area contributed by atoms with Crippen LogP contribution >= 0.6 is 0 Å². The molecule has 0 radical (unpaired) electrons. The fourth-order valence-electron chi connectivity index (χ4n) is 4.35. The zero-order valence-electron chi connectivity index (χ0n) is 16.0. The molecule has 1 heterocycles. The van der Waals surface area contributed by atoms with Crippen molar-refractivity contribution in [2.75, 3.05) is 0 Å². The fourth-order valence-corrected chi connectivity index (χ4v) is 4.35. The smallest absolute Gasteiger partial charge is 0.269 e. The van der Waals surface area contributed by atoms with E-state index >= 15 is 0 Å². The van der Waals surface area contributed by atoms with E-state index in [1.165, 1.54) is 17.3 Å². The minimum absolute atomic E-state index is 0.00765. The molecule has 0 spiro atoms. The first-order chi connectivity index (χ1) is 13.5. The summed E-state index contributed by atoms with van der Waals surface area (Å²) in [7, 11) is 1.75. The number of aryl methyl sites for hydroxylation is 1. The van der Waals surface area contributed by atoms with Gasteiger partial charge < -0.3 is 20.3 Å². The van der Waals surface area contributed by atoms with Gasteiger partial charge in [-0.05, 0) is 43.2 Å². The van der Waals surface area contributed by atoms with Crippen LogP contribution < -0.4 is 10.6 Å². The van der Waals surface area contributed by atoms with Gasteiger partial charge in [-0.3, -0.25) is 9.59 Å². The first kappa shape index (κ1) is 18.7. The van der Waals surface area contributed by atoms with Gasteiger partial charge in [-0.15, -0.1) is 0 Å². The molecule has 2 aliphatic rings. The first-order valence-electron chi connectivity index (χ1n) is 9.83. The number of hydrogen-bond acceptors (Lipinski definition) is 4. The van der Waals surface area contributed by atoms with Crippen LogP contribution in [-0.4, -0.2) is 44.7 Å². The maximum absolute atomic E-state index is 12.7. The Labute approximate surface area is 164 Å². The molecule has 0 bridgehead atoms. The number of imidazole rings is 1. The molecule has 1 saturated carbocycles. The van der Waals surface area contributed by atoms with Crippen molar-refractivity contribution >= 4 is 11.8 Å². The number of rotatable bonds is 4. The molecule has 2 aromatic rings. The lowest BCUT2D eigenvalue weighted by Gasteiger charge is -2.33. The number of nitrogens with one attached hydrogen (secondary N) is 2. The van der Waals surface area contributed by atoms with Crippen molar-refractivity contribution < 1.29 is 14.7 Å². The van der Waals surface area contributed by atoms with Crippen LogP contribution in [0.1, 0.15) is 40.9 Å². The second-order valence-corrected chi connectivity index (χ2v) is 7.93. The van der Waals surface area contributed by atoms with E-state index in [0.29, 0.717) is 25.0 Å². The lowest BCUT2D eigenvalue weighted by molar-refractivity contribution is -0.128. The van der Waals surface area contributed by atoms with Crippen molar-refractivity contribution in [3.05, 3.63) is 53.6 Å². The van der Waals surface area contributed by atoms with E-state index < -0.39 is 6.10 Å². The summed E-state index contributed by atoms with van der Waals surface area (Å²) in [6, 6.07) is 8.07. The molecule has 0 aliphatic heterocycles. The number of nitrogens with zero attached hydrogens (tertiary/aromatic N) is 2. The van der Waals surface area contributed by atoms with Gasteiger partial charge in [0.1, 0.15) is 5.69 Å². The van der Waals surface area contributed by atoms with Crippen molar-refractivity contribution in [3.8, 4) is 0 Å². The number of amides is 2. The van der Waals surface area contributed by atoms with Gasteiger partial charge in [-0.25, -0.2) is 4.98 Å². The van der Waals surface area contributed by atoms with Crippen LogP contribution in [0.4, 0.5) is 0 Å². The van der Waals surface area contributed by atoms with Crippen LogP contribution in [-0.2, 0) is 24.7 Å².